The van der Waals surface area contributed by atoms with Crippen molar-refractivity contribution in [2.24, 2.45) is 7.05 Å². The Morgan fingerprint density at radius 3 is 2.42 bits per heavy atom. The van der Waals surface area contributed by atoms with Crippen LogP contribution in [0.25, 0.3) is 11.1 Å². The molecule has 4 aromatic rings. The quantitative estimate of drug-likeness (QED) is 0.334. The highest BCUT2D eigenvalue weighted by molar-refractivity contribution is 5.88. The molecular weight excluding hydrogens is 476 g/mol. The number of hydrogen-bond acceptors (Lipinski definition) is 6. The van der Waals surface area contributed by atoms with Gasteiger partial charge in [0.2, 0.25) is 0 Å². The van der Waals surface area contributed by atoms with Crippen molar-refractivity contribution in [3.05, 3.63) is 96.4 Å². The number of carbonyl (C=O) groups excluding carboxylic acids is 1. The summed E-state index contributed by atoms with van der Waals surface area (Å²) in [6.45, 7) is 0.227. The minimum atomic E-state index is -0.340. The van der Waals surface area contributed by atoms with Gasteiger partial charge in [0.1, 0.15) is 18.5 Å². The second-order valence-electron chi connectivity index (χ2n) is 9.55. The number of anilines is 2. The van der Waals surface area contributed by atoms with Crippen molar-refractivity contribution in [1.82, 2.24) is 14.8 Å². The van der Waals surface area contributed by atoms with Gasteiger partial charge >= 0.3 is 6.09 Å². The van der Waals surface area contributed by atoms with Crippen molar-refractivity contribution < 1.29 is 9.53 Å². The van der Waals surface area contributed by atoms with Crippen LogP contribution >= 0.6 is 0 Å². The number of amides is 1. The summed E-state index contributed by atoms with van der Waals surface area (Å²) in [6.07, 6.45) is 8.49. The third-order valence-corrected chi connectivity index (χ3v) is 6.89. The number of nitrogens with zero attached hydrogens (tertiary/aromatic N) is 5. The standard InChI is InChI=1S/C30H30N6O2/c1-35-20-25(19-33-35)24-8-12-27(13-9-24)36(30(37)38-21-22-5-3-2-4-6-22)28-14-10-26(11-15-28)34-29-16-7-23(17-31)18-32-29/h2-9,12-13,16,18-20,26,28H,10-11,14-15,21H2,1H3,(H,32,34). The Hall–Kier alpha value is -4.64. The van der Waals surface area contributed by atoms with Gasteiger partial charge in [0.05, 0.1) is 11.8 Å². The van der Waals surface area contributed by atoms with E-state index in [1.807, 2.05) is 85.0 Å². The molecule has 38 heavy (non-hydrogen) atoms. The van der Waals surface area contributed by atoms with Gasteiger partial charge in [-0.05, 0) is 61.1 Å². The number of hydrogen-bond donors (Lipinski definition) is 1. The summed E-state index contributed by atoms with van der Waals surface area (Å²) in [5, 5.41) is 16.7. The van der Waals surface area contributed by atoms with Gasteiger partial charge in [0.15, 0.2) is 0 Å². The number of rotatable bonds is 7. The number of ether oxygens (including phenoxy) is 1. The van der Waals surface area contributed by atoms with E-state index < -0.39 is 0 Å². The first kappa shape index (κ1) is 25.0. The van der Waals surface area contributed by atoms with Gasteiger partial charge < -0.3 is 10.1 Å². The van der Waals surface area contributed by atoms with Crippen LogP contribution in [-0.4, -0.2) is 32.9 Å². The van der Waals surface area contributed by atoms with Crippen molar-refractivity contribution in [3.8, 4) is 17.2 Å². The number of benzene rings is 2. The highest BCUT2D eigenvalue weighted by atomic mass is 16.6. The first-order chi connectivity index (χ1) is 18.6. The largest absolute Gasteiger partial charge is 0.444 e. The molecule has 8 nitrogen and oxygen atoms in total. The maximum atomic E-state index is 13.4. The zero-order chi connectivity index (χ0) is 26.3. The SMILES string of the molecule is Cn1cc(-c2ccc(N(C(=O)OCc3ccccc3)C3CCC(Nc4ccc(C#N)cn4)CC3)cc2)cn1. The molecule has 0 spiro atoms. The van der Waals surface area contributed by atoms with Gasteiger partial charge in [-0.25, -0.2) is 9.78 Å². The van der Waals surface area contributed by atoms with Crippen LogP contribution in [0, 0.1) is 11.3 Å². The number of aromatic nitrogens is 3. The van der Waals surface area contributed by atoms with Crippen LogP contribution in [0.5, 0.6) is 0 Å². The molecule has 5 rings (SSSR count). The molecule has 2 heterocycles. The van der Waals surface area contributed by atoms with E-state index in [1.54, 1.807) is 16.9 Å². The summed E-state index contributed by atoms with van der Waals surface area (Å²) in [6, 6.07) is 23.7. The second kappa shape index (κ2) is 11.6. The molecule has 2 aromatic heterocycles. The average molecular weight is 507 g/mol. The van der Waals surface area contributed by atoms with E-state index >= 15 is 0 Å². The smallest absolute Gasteiger partial charge is 0.414 e. The van der Waals surface area contributed by atoms with E-state index in [-0.39, 0.29) is 24.8 Å². The summed E-state index contributed by atoms with van der Waals surface area (Å²) >= 11 is 0. The zero-order valence-corrected chi connectivity index (χ0v) is 21.3. The van der Waals surface area contributed by atoms with Crippen molar-refractivity contribution in [2.45, 2.75) is 44.4 Å². The van der Waals surface area contributed by atoms with Crippen LogP contribution in [-0.2, 0) is 18.4 Å². The molecule has 0 atom stereocenters. The Labute approximate surface area is 222 Å². The van der Waals surface area contributed by atoms with Gasteiger partial charge in [-0.2, -0.15) is 10.4 Å². The molecule has 0 aliphatic heterocycles. The number of carbonyl (C=O) groups is 1. The molecule has 1 saturated carbocycles. The topological polar surface area (TPSA) is 96.1 Å². The number of nitriles is 1. The summed E-state index contributed by atoms with van der Waals surface area (Å²) in [5.74, 6) is 0.762. The van der Waals surface area contributed by atoms with Crippen LogP contribution in [0.15, 0.2) is 85.3 Å². The first-order valence-corrected chi connectivity index (χ1v) is 12.8. The molecule has 1 N–H and O–H groups in total. The van der Waals surface area contributed by atoms with Gasteiger partial charge in [0, 0.05) is 42.8 Å². The van der Waals surface area contributed by atoms with E-state index in [2.05, 4.69) is 21.5 Å². The normalized spacial score (nSPS) is 16.8. The van der Waals surface area contributed by atoms with Crippen molar-refractivity contribution >= 4 is 17.6 Å². The third kappa shape index (κ3) is 6.01. The molecule has 1 aliphatic carbocycles. The Balaban J connectivity index is 1.29. The zero-order valence-electron chi connectivity index (χ0n) is 21.3. The molecule has 0 radical (unpaired) electrons. The lowest BCUT2D eigenvalue weighted by molar-refractivity contribution is 0.142. The highest BCUT2D eigenvalue weighted by Crippen LogP contribution is 2.31. The highest BCUT2D eigenvalue weighted by Gasteiger charge is 2.31. The van der Waals surface area contributed by atoms with E-state index in [0.29, 0.717) is 5.56 Å². The third-order valence-electron chi connectivity index (χ3n) is 6.89. The molecule has 1 aliphatic rings. The molecule has 2 aromatic carbocycles. The molecule has 1 fully saturated rings. The second-order valence-corrected chi connectivity index (χ2v) is 9.55. The van der Waals surface area contributed by atoms with E-state index in [0.717, 1.165) is 53.9 Å². The van der Waals surface area contributed by atoms with Crippen LogP contribution in [0.3, 0.4) is 0 Å². The molecule has 1 amide bonds. The Morgan fingerprint density at radius 2 is 1.79 bits per heavy atom. The minimum absolute atomic E-state index is 0.0227. The van der Waals surface area contributed by atoms with E-state index in [9.17, 15) is 4.79 Å². The first-order valence-electron chi connectivity index (χ1n) is 12.8. The number of nitrogens with one attached hydrogen (secondary N) is 1. The van der Waals surface area contributed by atoms with Gasteiger partial charge in [-0.3, -0.25) is 9.58 Å². The van der Waals surface area contributed by atoms with Crippen LogP contribution in [0.2, 0.25) is 0 Å². The summed E-state index contributed by atoms with van der Waals surface area (Å²) < 4.78 is 7.56. The fourth-order valence-electron chi connectivity index (χ4n) is 4.87. The van der Waals surface area contributed by atoms with E-state index in [4.69, 9.17) is 10.00 Å². The Morgan fingerprint density at radius 1 is 1.03 bits per heavy atom. The molecule has 192 valence electrons. The number of aryl methyl sites for hydroxylation is 1. The predicted molar refractivity (Wildman–Crippen MR) is 146 cm³/mol. The van der Waals surface area contributed by atoms with Crippen LogP contribution in [0.4, 0.5) is 16.3 Å². The predicted octanol–water partition coefficient (Wildman–Crippen LogP) is 5.92. The molecule has 8 heteroatoms. The fraction of sp³-hybridized carbons (Fsp3) is 0.267. The van der Waals surface area contributed by atoms with Crippen molar-refractivity contribution in [2.75, 3.05) is 10.2 Å². The van der Waals surface area contributed by atoms with Gasteiger partial charge in [0.25, 0.3) is 0 Å². The van der Waals surface area contributed by atoms with Crippen LogP contribution < -0.4 is 10.2 Å². The van der Waals surface area contributed by atoms with Gasteiger partial charge in [-0.1, -0.05) is 42.5 Å². The fourth-order valence-corrected chi connectivity index (χ4v) is 4.87. The lowest BCUT2D eigenvalue weighted by Gasteiger charge is -2.36. The monoisotopic (exact) mass is 506 g/mol. The lowest BCUT2D eigenvalue weighted by Crippen LogP contribution is -2.44. The van der Waals surface area contributed by atoms with E-state index in [1.165, 1.54) is 0 Å². The van der Waals surface area contributed by atoms with Gasteiger partial charge in [-0.15, -0.1) is 0 Å². The Bertz CT molecular complexity index is 1390. The maximum absolute atomic E-state index is 13.4. The van der Waals surface area contributed by atoms with Crippen molar-refractivity contribution in [1.29, 1.82) is 5.26 Å². The Kier molecular flexibility index (Phi) is 7.65. The molecule has 0 bridgehead atoms. The maximum Gasteiger partial charge on any atom is 0.414 e. The summed E-state index contributed by atoms with van der Waals surface area (Å²) in [4.78, 5) is 19.6. The van der Waals surface area contributed by atoms with Crippen molar-refractivity contribution in [3.63, 3.8) is 0 Å². The molecular formula is C30H30N6O2. The molecule has 0 saturated heterocycles. The molecule has 0 unspecified atom stereocenters. The average Bonchev–Trinajstić information content (AvgIpc) is 3.40. The summed E-state index contributed by atoms with van der Waals surface area (Å²) in [5.41, 5.74) is 4.39. The number of pyridine rings is 1. The summed E-state index contributed by atoms with van der Waals surface area (Å²) in [7, 11) is 1.89. The van der Waals surface area contributed by atoms with Crippen LogP contribution in [0.1, 0.15) is 36.8 Å². The lowest BCUT2D eigenvalue weighted by atomic mass is 9.90. The minimum Gasteiger partial charge on any atom is -0.444 e.